The fourth-order valence-corrected chi connectivity index (χ4v) is 3.18. The minimum atomic E-state index is -0.599. The minimum absolute atomic E-state index is 0.0290. The molecule has 0 spiro atoms. The predicted molar refractivity (Wildman–Crippen MR) is 85.2 cm³/mol. The van der Waals surface area contributed by atoms with Crippen LogP contribution in [0.4, 0.5) is 5.69 Å². The second-order valence-corrected chi connectivity index (χ2v) is 5.98. The van der Waals surface area contributed by atoms with E-state index in [4.69, 9.17) is 9.94 Å². The normalized spacial score (nSPS) is 18.1. The molecule has 2 aliphatic rings. The van der Waals surface area contributed by atoms with E-state index in [1.165, 1.54) is 18.9 Å². The van der Waals surface area contributed by atoms with Crippen molar-refractivity contribution in [3.05, 3.63) is 29.8 Å². The van der Waals surface area contributed by atoms with Crippen LogP contribution in [-0.2, 0) is 9.59 Å². The molecular formula is C17H20N2O4. The monoisotopic (exact) mass is 316 g/mol. The Morgan fingerprint density at radius 2 is 2.17 bits per heavy atom. The van der Waals surface area contributed by atoms with Gasteiger partial charge in [-0.25, -0.2) is 5.48 Å². The maximum absolute atomic E-state index is 12.3. The van der Waals surface area contributed by atoms with Gasteiger partial charge in [0.1, 0.15) is 5.75 Å². The highest BCUT2D eigenvalue weighted by atomic mass is 16.5. The minimum Gasteiger partial charge on any atom is -0.482 e. The van der Waals surface area contributed by atoms with Gasteiger partial charge in [-0.05, 0) is 42.5 Å². The number of benzene rings is 1. The SMILES string of the molecule is O=C(/C=C/c1ccc2c(c1)N(CC1CCCC1)C(=O)CO2)NO. The van der Waals surface area contributed by atoms with Gasteiger partial charge in [-0.15, -0.1) is 0 Å². The second-order valence-electron chi connectivity index (χ2n) is 5.98. The summed E-state index contributed by atoms with van der Waals surface area (Å²) in [6, 6.07) is 5.45. The van der Waals surface area contributed by atoms with Crippen LogP contribution in [-0.4, -0.2) is 30.2 Å². The molecule has 3 rings (SSSR count). The van der Waals surface area contributed by atoms with E-state index in [1.54, 1.807) is 22.5 Å². The number of rotatable bonds is 4. The number of anilines is 1. The number of carbonyl (C=O) groups excluding carboxylic acids is 2. The molecule has 1 saturated carbocycles. The van der Waals surface area contributed by atoms with Gasteiger partial charge in [0.25, 0.3) is 11.8 Å². The van der Waals surface area contributed by atoms with Gasteiger partial charge in [-0.2, -0.15) is 0 Å². The Labute approximate surface area is 134 Å². The highest BCUT2D eigenvalue weighted by molar-refractivity contribution is 5.98. The Balaban J connectivity index is 1.84. The van der Waals surface area contributed by atoms with Gasteiger partial charge in [0.15, 0.2) is 6.61 Å². The van der Waals surface area contributed by atoms with Crippen molar-refractivity contribution in [2.24, 2.45) is 5.92 Å². The third-order valence-corrected chi connectivity index (χ3v) is 4.38. The molecule has 1 aliphatic carbocycles. The van der Waals surface area contributed by atoms with Crippen molar-refractivity contribution in [1.29, 1.82) is 0 Å². The average Bonchev–Trinajstić information content (AvgIpc) is 3.08. The Morgan fingerprint density at radius 1 is 1.39 bits per heavy atom. The van der Waals surface area contributed by atoms with Crippen LogP contribution in [0.2, 0.25) is 0 Å². The number of nitrogens with zero attached hydrogens (tertiary/aromatic N) is 1. The first-order valence-corrected chi connectivity index (χ1v) is 7.87. The Kier molecular flexibility index (Phi) is 4.62. The van der Waals surface area contributed by atoms with Gasteiger partial charge < -0.3 is 9.64 Å². The van der Waals surface area contributed by atoms with Crippen LogP contribution in [0, 0.1) is 5.92 Å². The van der Waals surface area contributed by atoms with E-state index in [2.05, 4.69) is 0 Å². The number of ether oxygens (including phenoxy) is 1. The highest BCUT2D eigenvalue weighted by Gasteiger charge is 2.29. The van der Waals surface area contributed by atoms with E-state index in [0.29, 0.717) is 11.7 Å². The molecular weight excluding hydrogens is 296 g/mol. The van der Waals surface area contributed by atoms with Crippen LogP contribution in [0.25, 0.3) is 6.08 Å². The molecule has 1 aliphatic heterocycles. The molecule has 0 saturated heterocycles. The summed E-state index contributed by atoms with van der Waals surface area (Å²) >= 11 is 0. The number of fused-ring (bicyclic) bond motifs is 1. The second kappa shape index (κ2) is 6.83. The molecule has 2 amide bonds. The van der Waals surface area contributed by atoms with Crippen molar-refractivity contribution < 1.29 is 19.5 Å². The van der Waals surface area contributed by atoms with Crippen LogP contribution >= 0.6 is 0 Å². The quantitative estimate of drug-likeness (QED) is 0.507. The van der Waals surface area contributed by atoms with E-state index in [9.17, 15) is 9.59 Å². The van der Waals surface area contributed by atoms with E-state index in [0.717, 1.165) is 30.6 Å². The molecule has 6 nitrogen and oxygen atoms in total. The predicted octanol–water partition coefficient (Wildman–Crippen LogP) is 2.12. The van der Waals surface area contributed by atoms with Crippen molar-refractivity contribution in [3.8, 4) is 5.75 Å². The van der Waals surface area contributed by atoms with Crippen molar-refractivity contribution in [3.63, 3.8) is 0 Å². The first-order chi connectivity index (χ1) is 11.2. The summed E-state index contributed by atoms with van der Waals surface area (Å²) in [5, 5.41) is 8.52. The summed E-state index contributed by atoms with van der Waals surface area (Å²) in [6.45, 7) is 0.793. The lowest BCUT2D eigenvalue weighted by Crippen LogP contribution is -2.41. The van der Waals surface area contributed by atoms with Gasteiger partial charge in [0.05, 0.1) is 5.69 Å². The average molecular weight is 316 g/mol. The lowest BCUT2D eigenvalue weighted by molar-refractivity contribution is -0.124. The van der Waals surface area contributed by atoms with E-state index in [1.807, 2.05) is 12.1 Å². The fraction of sp³-hybridized carbons (Fsp3) is 0.412. The van der Waals surface area contributed by atoms with E-state index < -0.39 is 5.91 Å². The Bertz CT molecular complexity index is 635. The zero-order valence-electron chi connectivity index (χ0n) is 12.8. The number of carbonyl (C=O) groups is 2. The number of nitrogens with one attached hydrogen (secondary N) is 1. The van der Waals surface area contributed by atoms with Crippen molar-refractivity contribution >= 4 is 23.6 Å². The maximum atomic E-state index is 12.3. The molecule has 23 heavy (non-hydrogen) atoms. The van der Waals surface area contributed by atoms with E-state index in [-0.39, 0.29) is 12.5 Å². The molecule has 1 aromatic rings. The molecule has 1 heterocycles. The first kappa shape index (κ1) is 15.6. The van der Waals surface area contributed by atoms with Gasteiger partial charge in [-0.3, -0.25) is 14.8 Å². The maximum Gasteiger partial charge on any atom is 0.267 e. The van der Waals surface area contributed by atoms with Crippen LogP contribution in [0.5, 0.6) is 5.75 Å². The van der Waals surface area contributed by atoms with Crippen molar-refractivity contribution in [1.82, 2.24) is 5.48 Å². The third-order valence-electron chi connectivity index (χ3n) is 4.38. The molecule has 0 unspecified atom stereocenters. The standard InChI is InChI=1S/C17H20N2O4/c20-16(18-22)8-6-12-5-7-15-14(9-12)19(17(21)11-23-15)10-13-3-1-2-4-13/h5-9,13,22H,1-4,10-11H2,(H,18,20)/b8-6+. The highest BCUT2D eigenvalue weighted by Crippen LogP contribution is 2.35. The number of amides is 2. The summed E-state index contributed by atoms with van der Waals surface area (Å²) in [5.74, 6) is 0.604. The molecule has 0 radical (unpaired) electrons. The Hall–Kier alpha value is -2.34. The molecule has 2 N–H and O–H groups in total. The molecule has 0 atom stereocenters. The van der Waals surface area contributed by atoms with E-state index >= 15 is 0 Å². The van der Waals surface area contributed by atoms with Crippen LogP contribution < -0.4 is 15.1 Å². The van der Waals surface area contributed by atoms with Crippen LogP contribution in [0.1, 0.15) is 31.2 Å². The van der Waals surface area contributed by atoms with Gasteiger partial charge in [-0.1, -0.05) is 18.9 Å². The first-order valence-electron chi connectivity index (χ1n) is 7.87. The topological polar surface area (TPSA) is 78.9 Å². The summed E-state index contributed by atoms with van der Waals surface area (Å²) in [5.41, 5.74) is 3.06. The molecule has 1 fully saturated rings. The number of hydrogen-bond donors (Lipinski definition) is 2. The zero-order valence-corrected chi connectivity index (χ0v) is 12.8. The lowest BCUT2D eigenvalue weighted by atomic mass is 10.1. The lowest BCUT2D eigenvalue weighted by Gasteiger charge is -2.31. The van der Waals surface area contributed by atoms with Crippen molar-refractivity contribution in [2.75, 3.05) is 18.1 Å². The summed E-state index contributed by atoms with van der Waals surface area (Å²) in [4.78, 5) is 25.1. The molecule has 6 heteroatoms. The summed E-state index contributed by atoms with van der Waals surface area (Å²) in [6.07, 6.45) is 7.60. The Morgan fingerprint density at radius 3 is 2.91 bits per heavy atom. The van der Waals surface area contributed by atoms with Gasteiger partial charge >= 0.3 is 0 Å². The smallest absolute Gasteiger partial charge is 0.267 e. The van der Waals surface area contributed by atoms with Crippen LogP contribution in [0.15, 0.2) is 24.3 Å². The van der Waals surface area contributed by atoms with Crippen molar-refractivity contribution in [2.45, 2.75) is 25.7 Å². The molecule has 122 valence electrons. The molecule has 0 aromatic heterocycles. The fourth-order valence-electron chi connectivity index (χ4n) is 3.18. The zero-order chi connectivity index (χ0) is 16.2. The number of hydrogen-bond acceptors (Lipinski definition) is 4. The van der Waals surface area contributed by atoms with Crippen LogP contribution in [0.3, 0.4) is 0 Å². The third kappa shape index (κ3) is 3.53. The number of hydroxylamine groups is 1. The van der Waals surface area contributed by atoms with Gasteiger partial charge in [0.2, 0.25) is 0 Å². The largest absolute Gasteiger partial charge is 0.482 e. The van der Waals surface area contributed by atoms with Gasteiger partial charge in [0, 0.05) is 12.6 Å². The summed E-state index contributed by atoms with van der Waals surface area (Å²) in [7, 11) is 0. The molecule has 0 bridgehead atoms. The molecule has 1 aromatic carbocycles. The summed E-state index contributed by atoms with van der Waals surface area (Å²) < 4.78 is 5.50.